The van der Waals surface area contributed by atoms with Crippen LogP contribution in [-0.4, -0.2) is 69.6 Å². The predicted octanol–water partition coefficient (Wildman–Crippen LogP) is 5.01. The lowest BCUT2D eigenvalue weighted by atomic mass is 10.1. The van der Waals surface area contributed by atoms with Crippen molar-refractivity contribution in [1.29, 1.82) is 0 Å². The number of aromatic nitrogens is 6. The predicted molar refractivity (Wildman–Crippen MR) is 192 cm³/mol. The lowest BCUT2D eigenvalue weighted by Gasteiger charge is -2.37. The van der Waals surface area contributed by atoms with Crippen LogP contribution in [0, 0.1) is 0 Å². The van der Waals surface area contributed by atoms with Crippen LogP contribution in [0.5, 0.6) is 5.75 Å². The molecule has 2 saturated heterocycles. The maximum atomic E-state index is 12.8. The van der Waals surface area contributed by atoms with Crippen molar-refractivity contribution in [3.63, 3.8) is 0 Å². The van der Waals surface area contributed by atoms with E-state index in [1.807, 2.05) is 62.1 Å². The first-order valence-electron chi connectivity index (χ1n) is 16.9. The van der Waals surface area contributed by atoms with Gasteiger partial charge in [0.2, 0.25) is 12.1 Å². The minimum Gasteiger partial charge on any atom is -0.491 e. The molecule has 5 aromatic rings. The first-order valence-corrected chi connectivity index (χ1v) is 17.6. The van der Waals surface area contributed by atoms with Gasteiger partial charge in [0.1, 0.15) is 24.8 Å². The zero-order chi connectivity index (χ0) is 34.8. The van der Waals surface area contributed by atoms with Crippen molar-refractivity contribution >= 4 is 34.6 Å². The molecule has 50 heavy (non-hydrogen) atoms. The first-order chi connectivity index (χ1) is 24.2. The minimum absolute atomic E-state index is 0.0651. The molecule has 4 heterocycles. The van der Waals surface area contributed by atoms with Gasteiger partial charge >= 0.3 is 5.69 Å². The Kier molecular flexibility index (Phi) is 9.87. The number of hydrogen-bond acceptors (Lipinski definition) is 8. The molecule has 2 aliphatic heterocycles. The molecule has 3 aromatic carbocycles. The summed E-state index contributed by atoms with van der Waals surface area (Å²) in [4.78, 5) is 17.6. The van der Waals surface area contributed by atoms with E-state index >= 15 is 0 Å². The average Bonchev–Trinajstić information content (AvgIpc) is 3.85. The van der Waals surface area contributed by atoms with Gasteiger partial charge in [-0.2, -0.15) is 5.10 Å². The summed E-state index contributed by atoms with van der Waals surface area (Å²) in [6.45, 7) is 8.56. The SMILES string of the molecule is CCC(C)n1ncn(-c2ccc(N3CCN(c4ccc(OCC5COC(Cn6c[n+](C)cn6)(c6ccc(Cl)cc6Cl)O5)cc4)CC3)cc2)c1=O. The summed E-state index contributed by atoms with van der Waals surface area (Å²) >= 11 is 12.8. The molecule has 2 fully saturated rings. The third kappa shape index (κ3) is 7.11. The van der Waals surface area contributed by atoms with Crippen molar-refractivity contribution < 1.29 is 18.8 Å². The van der Waals surface area contributed by atoms with Gasteiger partial charge < -0.3 is 24.0 Å². The normalized spacial score (nSPS) is 20.0. The number of nitrogens with zero attached hydrogens (tertiary/aromatic N) is 8. The Morgan fingerprint density at radius 3 is 2.24 bits per heavy atom. The molecule has 3 atom stereocenters. The van der Waals surface area contributed by atoms with Gasteiger partial charge in [0, 0.05) is 53.2 Å². The maximum absolute atomic E-state index is 12.8. The van der Waals surface area contributed by atoms with Crippen LogP contribution in [-0.2, 0) is 28.9 Å². The number of benzene rings is 3. The Bertz CT molecular complexity index is 1970. The fraction of sp³-hybridized carbons (Fsp3) is 0.389. The highest BCUT2D eigenvalue weighted by Crippen LogP contribution is 2.40. The van der Waals surface area contributed by atoms with Crippen molar-refractivity contribution in [2.24, 2.45) is 7.05 Å². The van der Waals surface area contributed by atoms with Crippen LogP contribution in [0.15, 0.2) is 90.5 Å². The standard InChI is InChI=1S/C36H41Cl2N8O4/c1-4-26(2)46-35(47)45(24-40-46)30-8-6-28(7-9-30)42-15-17-43(18-16-42)29-10-12-31(13-11-29)48-20-32-21-49-36(50-32,22-44-25-41(3)23-39-44)33-14-5-27(37)19-34(33)38/h5-14,19,23-26,32H,4,15-18,20-22H2,1-3H3/q+1. The smallest absolute Gasteiger partial charge is 0.350 e. The van der Waals surface area contributed by atoms with Gasteiger partial charge in [-0.25, -0.2) is 18.6 Å². The molecule has 7 rings (SSSR count). The average molecular weight is 721 g/mol. The number of piperazine rings is 1. The van der Waals surface area contributed by atoms with E-state index in [0.29, 0.717) is 35.4 Å². The highest BCUT2D eigenvalue weighted by atomic mass is 35.5. The zero-order valence-corrected chi connectivity index (χ0v) is 29.9. The molecular weight excluding hydrogens is 679 g/mol. The van der Waals surface area contributed by atoms with Gasteiger partial charge in [-0.15, -0.1) is 4.68 Å². The van der Waals surface area contributed by atoms with Crippen LogP contribution in [0.25, 0.3) is 5.69 Å². The van der Waals surface area contributed by atoms with E-state index in [-0.39, 0.29) is 17.8 Å². The second kappa shape index (κ2) is 14.5. The topological polar surface area (TPSA) is 95.7 Å². The summed E-state index contributed by atoms with van der Waals surface area (Å²) in [6, 6.07) is 21.7. The van der Waals surface area contributed by atoms with Gasteiger partial charge in [-0.1, -0.05) is 36.2 Å². The molecule has 0 aliphatic carbocycles. The van der Waals surface area contributed by atoms with Crippen molar-refractivity contribution in [2.45, 2.75) is 44.7 Å². The van der Waals surface area contributed by atoms with E-state index in [1.165, 1.54) is 0 Å². The van der Waals surface area contributed by atoms with Crippen molar-refractivity contribution in [2.75, 3.05) is 49.2 Å². The van der Waals surface area contributed by atoms with Gasteiger partial charge in [0.15, 0.2) is 6.54 Å². The van der Waals surface area contributed by atoms with Crippen LogP contribution in [0.1, 0.15) is 31.9 Å². The highest BCUT2D eigenvalue weighted by Gasteiger charge is 2.47. The molecule has 12 nitrogen and oxygen atoms in total. The third-order valence-electron chi connectivity index (χ3n) is 9.38. The van der Waals surface area contributed by atoms with Gasteiger partial charge in [-0.3, -0.25) is 0 Å². The van der Waals surface area contributed by atoms with Crippen molar-refractivity contribution in [3.05, 3.63) is 112 Å². The van der Waals surface area contributed by atoms with E-state index < -0.39 is 5.79 Å². The second-order valence-electron chi connectivity index (χ2n) is 12.8. The van der Waals surface area contributed by atoms with Crippen LogP contribution >= 0.6 is 23.2 Å². The molecular formula is C36H41Cl2N8O4+. The van der Waals surface area contributed by atoms with Crippen LogP contribution in [0.3, 0.4) is 0 Å². The first kappa shape index (κ1) is 34.1. The molecule has 262 valence electrons. The number of hydrogen-bond donors (Lipinski definition) is 0. The maximum Gasteiger partial charge on any atom is 0.350 e. The van der Waals surface area contributed by atoms with Crippen LogP contribution < -0.4 is 24.8 Å². The molecule has 0 bridgehead atoms. The Morgan fingerprint density at radius 1 is 0.960 bits per heavy atom. The summed E-state index contributed by atoms with van der Waals surface area (Å²) < 4.78 is 25.8. The minimum atomic E-state index is -1.14. The van der Waals surface area contributed by atoms with E-state index in [9.17, 15) is 4.79 Å². The molecule has 0 N–H and O–H groups in total. The summed E-state index contributed by atoms with van der Waals surface area (Å²) in [5.74, 6) is -0.384. The summed E-state index contributed by atoms with van der Waals surface area (Å²) in [7, 11) is 1.90. The number of rotatable bonds is 11. The Hall–Kier alpha value is -4.36. The third-order valence-corrected chi connectivity index (χ3v) is 9.93. The molecule has 0 spiro atoms. The molecule has 3 unspecified atom stereocenters. The second-order valence-corrected chi connectivity index (χ2v) is 13.7. The molecule has 2 aliphatic rings. The Balaban J connectivity index is 0.929. The molecule has 0 radical (unpaired) electrons. The summed E-state index contributed by atoms with van der Waals surface area (Å²) in [5.41, 5.74) is 3.67. The summed E-state index contributed by atoms with van der Waals surface area (Å²) in [6.07, 6.45) is 5.70. The Labute approximate surface area is 300 Å². The fourth-order valence-corrected chi connectivity index (χ4v) is 6.98. The number of anilines is 2. The molecule has 0 saturated carbocycles. The van der Waals surface area contributed by atoms with E-state index in [2.05, 4.69) is 44.3 Å². The monoisotopic (exact) mass is 719 g/mol. The van der Waals surface area contributed by atoms with Gasteiger partial charge in [0.05, 0.1) is 30.4 Å². The van der Waals surface area contributed by atoms with Gasteiger partial charge in [-0.05, 0) is 74.0 Å². The van der Waals surface area contributed by atoms with E-state index in [0.717, 1.165) is 55.4 Å². The van der Waals surface area contributed by atoms with Crippen LogP contribution in [0.2, 0.25) is 10.0 Å². The zero-order valence-electron chi connectivity index (χ0n) is 28.4. The summed E-state index contributed by atoms with van der Waals surface area (Å²) in [5, 5.41) is 9.71. The quantitative estimate of drug-likeness (QED) is 0.176. The molecule has 0 amide bonds. The Morgan fingerprint density at radius 2 is 1.62 bits per heavy atom. The van der Waals surface area contributed by atoms with Crippen molar-refractivity contribution in [1.82, 2.24) is 24.1 Å². The number of aryl methyl sites for hydroxylation is 1. The fourth-order valence-electron chi connectivity index (χ4n) is 6.43. The van der Waals surface area contributed by atoms with E-state index in [4.69, 9.17) is 37.4 Å². The number of ether oxygens (including phenoxy) is 3. The highest BCUT2D eigenvalue weighted by molar-refractivity contribution is 6.35. The van der Waals surface area contributed by atoms with E-state index in [1.54, 1.807) is 38.7 Å². The number of halogens is 2. The van der Waals surface area contributed by atoms with Gasteiger partial charge in [0.25, 0.3) is 6.33 Å². The lowest BCUT2D eigenvalue weighted by molar-refractivity contribution is -0.672. The lowest BCUT2D eigenvalue weighted by Crippen LogP contribution is -2.46. The largest absolute Gasteiger partial charge is 0.491 e. The van der Waals surface area contributed by atoms with Crippen molar-refractivity contribution in [3.8, 4) is 11.4 Å². The molecule has 14 heteroatoms. The molecule has 2 aromatic heterocycles. The van der Waals surface area contributed by atoms with Crippen LogP contribution in [0.4, 0.5) is 11.4 Å².